The number of aryl methyl sites for hydroxylation is 1. The molecule has 146 valence electrons. The van der Waals surface area contributed by atoms with E-state index < -0.39 is 16.2 Å². The van der Waals surface area contributed by atoms with Gasteiger partial charge in [0.05, 0.1) is 6.54 Å². The fraction of sp³-hybridized carbons (Fsp3) is 0.750. The van der Waals surface area contributed by atoms with Crippen molar-refractivity contribution in [2.75, 3.05) is 40.3 Å². The average molecular weight is 385 g/mol. The maximum atomic E-state index is 12.5. The number of hydrogen-bond donors (Lipinski definition) is 1. The Morgan fingerprint density at radius 3 is 2.69 bits per heavy atom. The quantitative estimate of drug-likeness (QED) is 0.699. The number of fused-ring (bicyclic) bond motifs is 1. The number of aliphatic carboxylic acids is 1. The second kappa shape index (κ2) is 6.91. The first-order valence-corrected chi connectivity index (χ1v) is 10.1. The van der Waals surface area contributed by atoms with Crippen LogP contribution < -0.4 is 0 Å². The van der Waals surface area contributed by atoms with E-state index in [4.69, 9.17) is 5.11 Å². The molecule has 1 aromatic heterocycles. The molecule has 3 heterocycles. The summed E-state index contributed by atoms with van der Waals surface area (Å²) in [5, 5.41) is 9.15. The molecular weight excluding hydrogens is 358 g/mol. The molecule has 0 radical (unpaired) electrons. The maximum Gasteiger partial charge on any atom is 0.303 e. The molecule has 0 bridgehead atoms. The van der Waals surface area contributed by atoms with Crippen LogP contribution in [0.15, 0.2) is 12.4 Å². The van der Waals surface area contributed by atoms with E-state index >= 15 is 0 Å². The van der Waals surface area contributed by atoms with Crippen LogP contribution in [0, 0.1) is 11.3 Å². The Hall–Kier alpha value is -1.49. The molecule has 3 rings (SSSR count). The topological polar surface area (TPSA) is 99.0 Å². The van der Waals surface area contributed by atoms with Gasteiger partial charge in [-0.15, -0.1) is 0 Å². The highest BCUT2D eigenvalue weighted by Gasteiger charge is 2.54. The Bertz CT molecular complexity index is 777. The molecule has 26 heavy (non-hydrogen) atoms. The van der Waals surface area contributed by atoms with Crippen molar-refractivity contribution in [1.29, 1.82) is 0 Å². The summed E-state index contributed by atoms with van der Waals surface area (Å²) in [5.74, 6) is 0.252. The van der Waals surface area contributed by atoms with Gasteiger partial charge in [0.15, 0.2) is 0 Å². The van der Waals surface area contributed by atoms with Crippen LogP contribution in [-0.4, -0.2) is 82.8 Å². The fourth-order valence-corrected chi connectivity index (χ4v) is 5.48. The lowest BCUT2D eigenvalue weighted by molar-refractivity contribution is -0.137. The van der Waals surface area contributed by atoms with E-state index in [2.05, 4.69) is 9.88 Å². The summed E-state index contributed by atoms with van der Waals surface area (Å²) in [5.41, 5.74) is -0.313. The first-order valence-electron chi connectivity index (χ1n) is 8.72. The van der Waals surface area contributed by atoms with Crippen LogP contribution in [0.3, 0.4) is 0 Å². The standard InChI is InChI=1S/C16H27N5O4S/c1-18(2)26(24,25)21-9-13-8-20(10-14-17-6-7-19(14)3)11-16(13,12-21)5-4-15(22)23/h6-7,13H,4-5,8-12H2,1-3H3,(H,22,23). The van der Waals surface area contributed by atoms with Crippen LogP contribution >= 0.6 is 0 Å². The van der Waals surface area contributed by atoms with Gasteiger partial charge in [-0.05, 0) is 12.3 Å². The zero-order chi connectivity index (χ0) is 19.1. The molecular formula is C16H27N5O4S. The third kappa shape index (κ3) is 3.51. The Morgan fingerprint density at radius 1 is 1.38 bits per heavy atom. The molecule has 0 saturated carbocycles. The van der Waals surface area contributed by atoms with Gasteiger partial charge in [0.25, 0.3) is 10.2 Å². The minimum Gasteiger partial charge on any atom is -0.481 e. The van der Waals surface area contributed by atoms with Crippen molar-refractivity contribution >= 4 is 16.2 Å². The van der Waals surface area contributed by atoms with Crippen molar-refractivity contribution in [2.24, 2.45) is 18.4 Å². The van der Waals surface area contributed by atoms with Crippen molar-refractivity contribution in [3.05, 3.63) is 18.2 Å². The summed E-state index contributed by atoms with van der Waals surface area (Å²) < 4.78 is 29.8. The van der Waals surface area contributed by atoms with Gasteiger partial charge in [0.2, 0.25) is 0 Å². The predicted octanol–water partition coefficient (Wildman–Crippen LogP) is -0.175. The Balaban J connectivity index is 1.78. The molecule has 10 heteroatoms. The van der Waals surface area contributed by atoms with Gasteiger partial charge in [-0.3, -0.25) is 9.69 Å². The van der Waals surface area contributed by atoms with Crippen LogP contribution in [0.2, 0.25) is 0 Å². The van der Waals surface area contributed by atoms with E-state index in [9.17, 15) is 13.2 Å². The zero-order valence-corrected chi connectivity index (χ0v) is 16.3. The van der Waals surface area contributed by atoms with E-state index in [0.29, 0.717) is 32.6 Å². The van der Waals surface area contributed by atoms with E-state index in [1.54, 1.807) is 6.20 Å². The monoisotopic (exact) mass is 385 g/mol. The van der Waals surface area contributed by atoms with Crippen molar-refractivity contribution in [3.8, 4) is 0 Å². The average Bonchev–Trinajstić information content (AvgIpc) is 3.19. The van der Waals surface area contributed by atoms with Gasteiger partial charge in [-0.2, -0.15) is 17.0 Å². The first-order chi connectivity index (χ1) is 12.1. The van der Waals surface area contributed by atoms with Crippen LogP contribution in [0.4, 0.5) is 0 Å². The Labute approximate surface area is 154 Å². The molecule has 2 fully saturated rings. The lowest BCUT2D eigenvalue weighted by Crippen LogP contribution is -2.42. The van der Waals surface area contributed by atoms with Crippen LogP contribution in [0.25, 0.3) is 0 Å². The van der Waals surface area contributed by atoms with Crippen molar-refractivity contribution in [2.45, 2.75) is 19.4 Å². The molecule has 2 aliphatic heterocycles. The summed E-state index contributed by atoms with van der Waals surface area (Å²) >= 11 is 0. The highest BCUT2D eigenvalue weighted by atomic mass is 32.2. The SMILES string of the molecule is CN(C)S(=O)(=O)N1CC2CN(Cc3nccn3C)CC2(CCC(=O)O)C1. The minimum atomic E-state index is -3.49. The second-order valence-corrected chi connectivity index (χ2v) is 9.80. The van der Waals surface area contributed by atoms with Crippen molar-refractivity contribution in [1.82, 2.24) is 23.1 Å². The number of hydrogen-bond acceptors (Lipinski definition) is 5. The van der Waals surface area contributed by atoms with E-state index in [-0.39, 0.29) is 17.8 Å². The summed E-state index contributed by atoms with van der Waals surface area (Å²) in [4.78, 5) is 17.8. The van der Waals surface area contributed by atoms with Crippen LogP contribution in [0.5, 0.6) is 0 Å². The largest absolute Gasteiger partial charge is 0.481 e. The third-order valence-electron chi connectivity index (χ3n) is 5.71. The fourth-order valence-electron chi connectivity index (χ4n) is 4.23. The van der Waals surface area contributed by atoms with Gasteiger partial charge in [-0.1, -0.05) is 0 Å². The molecule has 2 unspecified atom stereocenters. The minimum absolute atomic E-state index is 0.0581. The molecule has 9 nitrogen and oxygen atoms in total. The summed E-state index contributed by atoms with van der Waals surface area (Å²) in [6, 6.07) is 0. The predicted molar refractivity (Wildman–Crippen MR) is 95.5 cm³/mol. The molecule has 2 saturated heterocycles. The van der Waals surface area contributed by atoms with Crippen LogP contribution in [0.1, 0.15) is 18.7 Å². The first kappa shape index (κ1) is 19.3. The Morgan fingerprint density at radius 2 is 2.12 bits per heavy atom. The lowest BCUT2D eigenvalue weighted by atomic mass is 9.77. The molecule has 0 aromatic carbocycles. The number of rotatable bonds is 7. The maximum absolute atomic E-state index is 12.5. The number of carboxylic acid groups (broad SMARTS) is 1. The molecule has 0 spiro atoms. The van der Waals surface area contributed by atoms with E-state index in [0.717, 1.165) is 12.4 Å². The smallest absolute Gasteiger partial charge is 0.303 e. The molecule has 2 atom stereocenters. The van der Waals surface area contributed by atoms with Gasteiger partial charge in [0, 0.05) is 71.6 Å². The molecule has 1 N–H and O–H groups in total. The highest BCUT2D eigenvalue weighted by Crippen LogP contribution is 2.47. The molecule has 1 aromatic rings. The molecule has 0 amide bonds. The number of imidazole rings is 1. The third-order valence-corrected chi connectivity index (χ3v) is 7.56. The van der Waals surface area contributed by atoms with E-state index in [1.807, 2.05) is 17.8 Å². The number of likely N-dealkylation sites (tertiary alicyclic amines) is 1. The normalized spacial score (nSPS) is 27.3. The van der Waals surface area contributed by atoms with Gasteiger partial charge in [-0.25, -0.2) is 4.98 Å². The highest BCUT2D eigenvalue weighted by molar-refractivity contribution is 7.86. The van der Waals surface area contributed by atoms with Gasteiger partial charge < -0.3 is 9.67 Å². The second-order valence-electron chi connectivity index (χ2n) is 7.66. The lowest BCUT2D eigenvalue weighted by Gasteiger charge is -2.29. The Kier molecular flexibility index (Phi) is 5.13. The summed E-state index contributed by atoms with van der Waals surface area (Å²) in [6.07, 6.45) is 4.21. The summed E-state index contributed by atoms with van der Waals surface area (Å²) in [7, 11) is 1.52. The van der Waals surface area contributed by atoms with Gasteiger partial charge in [0.1, 0.15) is 5.82 Å². The van der Waals surface area contributed by atoms with Crippen LogP contribution in [-0.2, 0) is 28.6 Å². The zero-order valence-electron chi connectivity index (χ0n) is 15.5. The molecule has 0 aliphatic carbocycles. The van der Waals surface area contributed by atoms with Crippen molar-refractivity contribution < 1.29 is 18.3 Å². The number of carboxylic acids is 1. The van der Waals surface area contributed by atoms with Crippen molar-refractivity contribution in [3.63, 3.8) is 0 Å². The number of aromatic nitrogens is 2. The van der Waals surface area contributed by atoms with E-state index in [1.165, 1.54) is 22.7 Å². The van der Waals surface area contributed by atoms with Gasteiger partial charge >= 0.3 is 5.97 Å². The number of nitrogens with zero attached hydrogens (tertiary/aromatic N) is 5. The number of carbonyl (C=O) groups is 1. The molecule has 2 aliphatic rings. The summed E-state index contributed by atoms with van der Waals surface area (Å²) in [6.45, 7) is 2.96.